The van der Waals surface area contributed by atoms with Crippen LogP contribution < -0.4 is 9.80 Å². The van der Waals surface area contributed by atoms with E-state index in [2.05, 4.69) is 17.0 Å². The number of thioether (sulfide) groups is 2. The maximum atomic E-state index is 13.7. The number of carbonyl (C=O) groups excluding carboxylic acids is 1. The molecule has 0 unspecified atom stereocenters. The molecule has 0 N–H and O–H groups in total. The first-order valence-electron chi connectivity index (χ1n) is 10.0. The maximum absolute atomic E-state index is 13.7. The van der Waals surface area contributed by atoms with E-state index in [9.17, 15) is 4.79 Å². The summed E-state index contributed by atoms with van der Waals surface area (Å²) in [5.41, 5.74) is 5.04. The van der Waals surface area contributed by atoms with E-state index in [0.717, 1.165) is 38.1 Å². The van der Waals surface area contributed by atoms with Gasteiger partial charge in [-0.05, 0) is 73.1 Å². The molecule has 2 aliphatic heterocycles. The number of hydrogen-bond donors (Lipinski definition) is 0. The van der Waals surface area contributed by atoms with E-state index in [1.54, 1.807) is 16.7 Å². The first kappa shape index (κ1) is 20.0. The summed E-state index contributed by atoms with van der Waals surface area (Å²) in [5.74, 6) is -0.0378. The van der Waals surface area contributed by atoms with Gasteiger partial charge in [-0.25, -0.2) is 4.99 Å². The highest BCUT2D eigenvalue weighted by atomic mass is 32.2. The third kappa shape index (κ3) is 3.66. The van der Waals surface area contributed by atoms with E-state index in [-0.39, 0.29) is 5.91 Å². The van der Waals surface area contributed by atoms with Crippen LogP contribution >= 0.6 is 23.5 Å². The average molecular weight is 444 g/mol. The molecule has 1 amide bonds. The monoisotopic (exact) mass is 443 g/mol. The van der Waals surface area contributed by atoms with Gasteiger partial charge in [-0.15, -0.1) is 0 Å². The number of benzene rings is 3. The third-order valence-corrected chi connectivity index (χ3v) is 7.59. The van der Waals surface area contributed by atoms with Crippen LogP contribution in [0.1, 0.15) is 11.1 Å². The van der Waals surface area contributed by atoms with Gasteiger partial charge in [0.15, 0.2) is 5.17 Å². The quantitative estimate of drug-likeness (QED) is 0.425. The molecule has 0 bridgehead atoms. The Labute approximate surface area is 190 Å². The number of aliphatic imine (C=N–C) groups is 1. The van der Waals surface area contributed by atoms with Gasteiger partial charge in [0.05, 0.1) is 22.1 Å². The molecular formula is C25H21N3OS2. The topological polar surface area (TPSA) is 35.9 Å². The Bertz CT molecular complexity index is 1260. The summed E-state index contributed by atoms with van der Waals surface area (Å²) < 4.78 is 0. The van der Waals surface area contributed by atoms with Gasteiger partial charge in [0.2, 0.25) is 0 Å². The van der Waals surface area contributed by atoms with E-state index < -0.39 is 0 Å². The summed E-state index contributed by atoms with van der Waals surface area (Å²) in [6.45, 7) is 4.08. The summed E-state index contributed by atoms with van der Waals surface area (Å²) in [7, 11) is 2.02. The summed E-state index contributed by atoms with van der Waals surface area (Å²) >= 11 is 3.08. The molecular weight excluding hydrogens is 422 g/mol. The first-order valence-corrected chi connectivity index (χ1v) is 11.6. The maximum Gasteiger partial charge on any atom is 0.274 e. The van der Waals surface area contributed by atoms with Gasteiger partial charge in [0.25, 0.3) is 5.91 Å². The number of rotatable bonds is 2. The zero-order valence-corrected chi connectivity index (χ0v) is 19.1. The Morgan fingerprint density at radius 2 is 1.58 bits per heavy atom. The summed E-state index contributed by atoms with van der Waals surface area (Å²) in [6, 6.07) is 24.3. The van der Waals surface area contributed by atoms with Crippen molar-refractivity contribution < 1.29 is 4.79 Å². The molecule has 0 aliphatic carbocycles. The molecule has 5 rings (SSSR count). The van der Waals surface area contributed by atoms with Crippen LogP contribution in [0.4, 0.5) is 17.1 Å². The van der Waals surface area contributed by atoms with Crippen molar-refractivity contribution in [3.63, 3.8) is 0 Å². The number of para-hydroxylation sites is 1. The lowest BCUT2D eigenvalue weighted by Crippen LogP contribution is -2.29. The van der Waals surface area contributed by atoms with E-state index in [4.69, 9.17) is 4.99 Å². The highest BCUT2D eigenvalue weighted by molar-refractivity contribution is 8.20. The van der Waals surface area contributed by atoms with Crippen LogP contribution in [0.3, 0.4) is 0 Å². The summed E-state index contributed by atoms with van der Waals surface area (Å²) in [5, 5.41) is 1.62. The van der Waals surface area contributed by atoms with Gasteiger partial charge in [0.1, 0.15) is 4.91 Å². The van der Waals surface area contributed by atoms with Crippen molar-refractivity contribution in [2.45, 2.75) is 18.7 Å². The predicted octanol–water partition coefficient (Wildman–Crippen LogP) is 6.48. The highest BCUT2D eigenvalue weighted by Gasteiger charge is 2.40. The fourth-order valence-electron chi connectivity index (χ4n) is 3.68. The Kier molecular flexibility index (Phi) is 5.12. The second-order valence-electron chi connectivity index (χ2n) is 7.58. The van der Waals surface area contributed by atoms with Crippen LogP contribution in [-0.2, 0) is 4.79 Å². The molecule has 0 saturated carbocycles. The van der Waals surface area contributed by atoms with Gasteiger partial charge in [-0.3, -0.25) is 9.69 Å². The second-order valence-corrected chi connectivity index (χ2v) is 9.59. The minimum Gasteiger partial charge on any atom is -0.337 e. The number of nitrogens with zero attached hydrogens (tertiary/aromatic N) is 3. The van der Waals surface area contributed by atoms with Gasteiger partial charge >= 0.3 is 0 Å². The number of hydrogen-bond acceptors (Lipinski definition) is 5. The lowest BCUT2D eigenvalue weighted by Gasteiger charge is -2.17. The number of anilines is 2. The van der Waals surface area contributed by atoms with Crippen molar-refractivity contribution >= 4 is 51.7 Å². The van der Waals surface area contributed by atoms with Crippen molar-refractivity contribution in [1.29, 1.82) is 0 Å². The van der Waals surface area contributed by atoms with Crippen molar-refractivity contribution in [1.82, 2.24) is 0 Å². The van der Waals surface area contributed by atoms with E-state index in [1.165, 1.54) is 11.8 Å². The normalized spacial score (nSPS) is 19.5. The van der Waals surface area contributed by atoms with Crippen molar-refractivity contribution in [3.8, 4) is 0 Å². The van der Waals surface area contributed by atoms with Crippen LogP contribution in [0.2, 0.25) is 0 Å². The molecule has 0 atom stereocenters. The lowest BCUT2D eigenvalue weighted by molar-refractivity contribution is -0.113. The fourth-order valence-corrected chi connectivity index (χ4v) is 6.03. The van der Waals surface area contributed by atoms with Crippen LogP contribution in [0, 0.1) is 13.8 Å². The highest BCUT2D eigenvalue weighted by Crippen LogP contribution is 2.50. The van der Waals surface area contributed by atoms with Gasteiger partial charge < -0.3 is 4.90 Å². The summed E-state index contributed by atoms with van der Waals surface area (Å²) in [6.07, 6.45) is 0. The van der Waals surface area contributed by atoms with E-state index in [1.807, 2.05) is 81.6 Å². The predicted molar refractivity (Wildman–Crippen MR) is 132 cm³/mol. The smallest absolute Gasteiger partial charge is 0.274 e. The Morgan fingerprint density at radius 3 is 2.32 bits per heavy atom. The molecule has 1 fully saturated rings. The van der Waals surface area contributed by atoms with Crippen LogP contribution in [0.15, 0.2) is 92.6 Å². The van der Waals surface area contributed by atoms with E-state index in [0.29, 0.717) is 10.1 Å². The number of aryl methyl sites for hydroxylation is 2. The molecule has 31 heavy (non-hydrogen) atoms. The molecule has 3 aromatic rings. The molecule has 1 saturated heterocycles. The first-order chi connectivity index (χ1) is 15.0. The lowest BCUT2D eigenvalue weighted by atomic mass is 10.2. The van der Waals surface area contributed by atoms with Gasteiger partial charge in [0, 0.05) is 11.9 Å². The van der Waals surface area contributed by atoms with E-state index >= 15 is 0 Å². The standard InChI is InChI=1S/C25H21N3OS2/c1-16-8-6-10-18(14-16)26-25-28(19-11-7-9-17(2)15-19)23(29)22(31-25)24-27(3)20-12-4-5-13-21(20)30-24/h4-15H,1-3H3/b24-22-,26-25?. The molecule has 3 aromatic carbocycles. The van der Waals surface area contributed by atoms with Gasteiger partial charge in [-0.1, -0.05) is 48.2 Å². The molecule has 154 valence electrons. The molecule has 6 heteroatoms. The minimum atomic E-state index is -0.0378. The third-order valence-electron chi connectivity index (χ3n) is 5.20. The Balaban J connectivity index is 1.63. The summed E-state index contributed by atoms with van der Waals surface area (Å²) in [4.78, 5) is 24.3. The largest absolute Gasteiger partial charge is 0.337 e. The molecule has 2 aliphatic rings. The number of fused-ring (bicyclic) bond motifs is 1. The number of amides is 1. The Hall–Kier alpha value is -2.96. The number of carbonyl (C=O) groups is 1. The van der Waals surface area contributed by atoms with Crippen molar-refractivity contribution in [2.24, 2.45) is 4.99 Å². The molecule has 4 nitrogen and oxygen atoms in total. The fraction of sp³-hybridized carbons (Fsp3) is 0.120. The zero-order valence-electron chi connectivity index (χ0n) is 17.5. The van der Waals surface area contributed by atoms with Crippen LogP contribution in [-0.4, -0.2) is 18.1 Å². The SMILES string of the molecule is Cc1cccc(N=C2S/C(=C3\Sc4ccccc4N3C)C(=O)N2c2cccc(C)c2)c1. The van der Waals surface area contributed by atoms with Crippen molar-refractivity contribution in [2.75, 3.05) is 16.8 Å². The van der Waals surface area contributed by atoms with Crippen LogP contribution in [0.5, 0.6) is 0 Å². The van der Waals surface area contributed by atoms with Gasteiger partial charge in [-0.2, -0.15) is 0 Å². The Morgan fingerprint density at radius 1 is 0.839 bits per heavy atom. The molecule has 2 heterocycles. The molecule has 0 radical (unpaired) electrons. The molecule has 0 spiro atoms. The average Bonchev–Trinajstić information content (AvgIpc) is 3.25. The zero-order chi connectivity index (χ0) is 21.5. The minimum absolute atomic E-state index is 0.0378. The molecule has 0 aromatic heterocycles. The second kappa shape index (κ2) is 7.94. The van der Waals surface area contributed by atoms with Crippen molar-refractivity contribution in [3.05, 3.63) is 93.9 Å². The number of amidine groups is 1. The van der Waals surface area contributed by atoms with Crippen LogP contribution in [0.25, 0.3) is 0 Å².